The van der Waals surface area contributed by atoms with E-state index in [0.29, 0.717) is 12.3 Å². The number of rotatable bonds is 5. The average molecular weight is 215 g/mol. The molecule has 80 valence electrons. The van der Waals surface area contributed by atoms with Gasteiger partial charge >= 0.3 is 0 Å². The molecule has 1 heterocycles. The van der Waals surface area contributed by atoms with E-state index in [1.165, 1.54) is 0 Å². The fourth-order valence-corrected chi connectivity index (χ4v) is 2.19. The molecule has 0 radical (unpaired) electrons. The summed E-state index contributed by atoms with van der Waals surface area (Å²) < 4.78 is 5.25. The third-order valence-corrected chi connectivity index (χ3v) is 2.98. The maximum atomic E-state index is 9.89. The molecule has 1 rings (SSSR count). The van der Waals surface area contributed by atoms with Gasteiger partial charge in [0.25, 0.3) is 0 Å². The number of hydrogen-bond acceptors (Lipinski definition) is 4. The number of aromatic nitrogens is 1. The van der Waals surface area contributed by atoms with Crippen LogP contribution in [0, 0.1) is 5.92 Å². The van der Waals surface area contributed by atoms with E-state index < -0.39 is 6.10 Å². The largest absolute Gasteiger partial charge is 0.390 e. The third kappa shape index (κ3) is 3.04. The van der Waals surface area contributed by atoms with Gasteiger partial charge in [0, 0.05) is 25.1 Å². The zero-order valence-electron chi connectivity index (χ0n) is 8.80. The van der Waals surface area contributed by atoms with Gasteiger partial charge in [0.15, 0.2) is 0 Å². The molecule has 3 nitrogen and oxygen atoms in total. The second kappa shape index (κ2) is 5.44. The van der Waals surface area contributed by atoms with Crippen LogP contribution in [0.2, 0.25) is 0 Å². The van der Waals surface area contributed by atoms with Crippen LogP contribution in [0.4, 0.5) is 0 Å². The standard InChI is InChI=1S/C10H17NO2S/c1-7(2)10(13-3)8(12)6-9-11-4-5-14-9/h4-5,7-8,10,12H,6H2,1-3H3. The van der Waals surface area contributed by atoms with Gasteiger partial charge in [0.1, 0.15) is 0 Å². The molecule has 0 spiro atoms. The van der Waals surface area contributed by atoms with E-state index in [-0.39, 0.29) is 6.10 Å². The highest BCUT2D eigenvalue weighted by Gasteiger charge is 2.22. The van der Waals surface area contributed by atoms with E-state index in [2.05, 4.69) is 4.98 Å². The fourth-order valence-electron chi connectivity index (χ4n) is 1.52. The summed E-state index contributed by atoms with van der Waals surface area (Å²) in [6, 6.07) is 0. The lowest BCUT2D eigenvalue weighted by atomic mass is 10.00. The first kappa shape index (κ1) is 11.6. The summed E-state index contributed by atoms with van der Waals surface area (Å²) in [6.07, 6.45) is 1.75. The minimum Gasteiger partial charge on any atom is -0.390 e. The van der Waals surface area contributed by atoms with Gasteiger partial charge in [0.2, 0.25) is 0 Å². The molecule has 14 heavy (non-hydrogen) atoms. The van der Waals surface area contributed by atoms with Crippen molar-refractivity contribution in [3.05, 3.63) is 16.6 Å². The predicted molar refractivity (Wildman–Crippen MR) is 57.5 cm³/mol. The molecule has 0 amide bonds. The topological polar surface area (TPSA) is 42.4 Å². The van der Waals surface area contributed by atoms with Crippen LogP contribution in [0.5, 0.6) is 0 Å². The molecule has 1 N–H and O–H groups in total. The molecular weight excluding hydrogens is 198 g/mol. The van der Waals surface area contributed by atoms with E-state index in [1.807, 2.05) is 19.2 Å². The molecule has 4 heteroatoms. The number of thiazole rings is 1. The maximum Gasteiger partial charge on any atom is 0.0951 e. The Morgan fingerprint density at radius 1 is 1.57 bits per heavy atom. The van der Waals surface area contributed by atoms with Crippen LogP contribution >= 0.6 is 11.3 Å². The van der Waals surface area contributed by atoms with Crippen molar-refractivity contribution < 1.29 is 9.84 Å². The Morgan fingerprint density at radius 3 is 2.71 bits per heavy atom. The molecule has 0 fully saturated rings. The van der Waals surface area contributed by atoms with E-state index >= 15 is 0 Å². The van der Waals surface area contributed by atoms with Gasteiger partial charge in [0.05, 0.1) is 17.2 Å². The van der Waals surface area contributed by atoms with Crippen LogP contribution in [0.25, 0.3) is 0 Å². The molecule has 0 saturated heterocycles. The predicted octanol–water partition coefficient (Wildman–Crippen LogP) is 1.72. The molecule has 2 atom stereocenters. The van der Waals surface area contributed by atoms with E-state index in [9.17, 15) is 5.11 Å². The normalized spacial score (nSPS) is 15.8. The minimum atomic E-state index is -0.467. The highest BCUT2D eigenvalue weighted by Crippen LogP contribution is 2.15. The number of ether oxygens (including phenoxy) is 1. The van der Waals surface area contributed by atoms with Crippen LogP contribution in [0.15, 0.2) is 11.6 Å². The number of aliphatic hydroxyl groups excluding tert-OH is 1. The zero-order valence-corrected chi connectivity index (χ0v) is 9.62. The SMILES string of the molecule is COC(C(C)C)C(O)Cc1nccs1. The Bertz CT molecular complexity index is 249. The number of aliphatic hydroxyl groups is 1. The van der Waals surface area contributed by atoms with Crippen molar-refractivity contribution >= 4 is 11.3 Å². The Kier molecular flexibility index (Phi) is 4.51. The van der Waals surface area contributed by atoms with Gasteiger partial charge in [-0.3, -0.25) is 0 Å². The molecule has 2 unspecified atom stereocenters. The Labute approximate surface area is 88.8 Å². The number of hydrogen-bond donors (Lipinski definition) is 1. The smallest absolute Gasteiger partial charge is 0.0951 e. The second-order valence-electron chi connectivity index (χ2n) is 3.64. The minimum absolute atomic E-state index is 0.112. The summed E-state index contributed by atoms with van der Waals surface area (Å²) in [5.74, 6) is 0.315. The lowest BCUT2D eigenvalue weighted by molar-refractivity contribution is -0.0368. The van der Waals surface area contributed by atoms with Crippen LogP contribution in [0.3, 0.4) is 0 Å². The van der Waals surface area contributed by atoms with Crippen LogP contribution in [-0.4, -0.2) is 29.4 Å². The summed E-state index contributed by atoms with van der Waals surface area (Å²) in [7, 11) is 1.63. The van der Waals surface area contributed by atoms with Crippen LogP contribution < -0.4 is 0 Å². The van der Waals surface area contributed by atoms with Gasteiger partial charge in [-0.2, -0.15) is 0 Å². The summed E-state index contributed by atoms with van der Waals surface area (Å²) in [5.41, 5.74) is 0. The molecule has 0 aliphatic carbocycles. The van der Waals surface area contributed by atoms with Crippen molar-refractivity contribution in [2.45, 2.75) is 32.5 Å². The molecular formula is C10H17NO2S. The van der Waals surface area contributed by atoms with Gasteiger partial charge < -0.3 is 9.84 Å². The molecule has 0 saturated carbocycles. The van der Waals surface area contributed by atoms with E-state index in [1.54, 1.807) is 24.6 Å². The maximum absolute atomic E-state index is 9.89. The first-order valence-corrected chi connectivity index (χ1v) is 5.62. The van der Waals surface area contributed by atoms with Crippen LogP contribution in [-0.2, 0) is 11.2 Å². The molecule has 0 aliphatic heterocycles. The fraction of sp³-hybridized carbons (Fsp3) is 0.700. The molecule has 0 bridgehead atoms. The van der Waals surface area contributed by atoms with Crippen molar-refractivity contribution in [1.29, 1.82) is 0 Å². The van der Waals surface area contributed by atoms with E-state index in [4.69, 9.17) is 4.74 Å². The van der Waals surface area contributed by atoms with Crippen molar-refractivity contribution in [3.63, 3.8) is 0 Å². The molecule has 0 aromatic carbocycles. The van der Waals surface area contributed by atoms with Gasteiger partial charge in [-0.25, -0.2) is 4.98 Å². The second-order valence-corrected chi connectivity index (χ2v) is 4.62. The first-order chi connectivity index (χ1) is 6.65. The first-order valence-electron chi connectivity index (χ1n) is 4.74. The quantitative estimate of drug-likeness (QED) is 0.813. The van der Waals surface area contributed by atoms with E-state index in [0.717, 1.165) is 5.01 Å². The lowest BCUT2D eigenvalue weighted by Gasteiger charge is -2.24. The Morgan fingerprint density at radius 2 is 2.29 bits per heavy atom. The summed E-state index contributed by atoms with van der Waals surface area (Å²) in [6.45, 7) is 4.08. The highest BCUT2D eigenvalue weighted by atomic mass is 32.1. The average Bonchev–Trinajstić information content (AvgIpc) is 2.57. The molecule has 0 aliphatic rings. The Hall–Kier alpha value is -0.450. The highest BCUT2D eigenvalue weighted by molar-refractivity contribution is 7.09. The van der Waals surface area contributed by atoms with Gasteiger partial charge in [-0.1, -0.05) is 13.8 Å². The number of nitrogens with zero attached hydrogens (tertiary/aromatic N) is 1. The summed E-state index contributed by atoms with van der Waals surface area (Å²) in [5, 5.41) is 12.8. The lowest BCUT2D eigenvalue weighted by Crippen LogP contribution is -2.34. The zero-order chi connectivity index (χ0) is 10.6. The van der Waals surface area contributed by atoms with Crippen molar-refractivity contribution in [3.8, 4) is 0 Å². The summed E-state index contributed by atoms with van der Waals surface area (Å²) in [4.78, 5) is 4.14. The van der Waals surface area contributed by atoms with Gasteiger partial charge in [-0.05, 0) is 5.92 Å². The Balaban J connectivity index is 2.51. The van der Waals surface area contributed by atoms with Crippen molar-refractivity contribution in [1.82, 2.24) is 4.98 Å². The monoisotopic (exact) mass is 215 g/mol. The van der Waals surface area contributed by atoms with Crippen molar-refractivity contribution in [2.75, 3.05) is 7.11 Å². The number of methoxy groups -OCH3 is 1. The third-order valence-electron chi connectivity index (χ3n) is 2.18. The van der Waals surface area contributed by atoms with Crippen LogP contribution in [0.1, 0.15) is 18.9 Å². The summed E-state index contributed by atoms with van der Waals surface area (Å²) >= 11 is 1.56. The van der Waals surface area contributed by atoms with Crippen molar-refractivity contribution in [2.24, 2.45) is 5.92 Å². The van der Waals surface area contributed by atoms with Gasteiger partial charge in [-0.15, -0.1) is 11.3 Å². The molecule has 1 aromatic heterocycles. The molecule has 1 aromatic rings.